The van der Waals surface area contributed by atoms with Crippen LogP contribution in [-0.4, -0.2) is 12.5 Å². The maximum absolute atomic E-state index is 13.2. The summed E-state index contributed by atoms with van der Waals surface area (Å²) in [5.74, 6) is -0.650. The molecule has 1 aromatic carbocycles. The van der Waals surface area contributed by atoms with Crippen LogP contribution in [0.5, 0.6) is 0 Å². The number of unbranched alkanes of at least 4 members (excludes halogenated alkanes) is 2. The number of halogens is 1. The predicted octanol–water partition coefficient (Wildman–Crippen LogP) is 2.56. The fraction of sp³-hybridized carbons (Fsp3) is 0.385. The van der Waals surface area contributed by atoms with Gasteiger partial charge < -0.3 is 5.32 Å². The first-order chi connectivity index (χ1) is 8.15. The smallest absolute Gasteiger partial charge is 0.251 e. The molecule has 0 atom stereocenters. The Balaban J connectivity index is 2.42. The minimum absolute atomic E-state index is 0.277. The molecule has 0 fully saturated rings. The lowest BCUT2D eigenvalue weighted by atomic mass is 10.1. The second kappa shape index (κ2) is 6.64. The lowest BCUT2D eigenvalue weighted by Crippen LogP contribution is -2.24. The second-order valence-corrected chi connectivity index (χ2v) is 3.84. The average Bonchev–Trinajstić information content (AvgIpc) is 2.32. The molecule has 1 N–H and O–H groups in total. The number of benzene rings is 1. The van der Waals surface area contributed by atoms with E-state index in [2.05, 4.69) is 5.32 Å². The molecule has 0 aliphatic carbocycles. The van der Waals surface area contributed by atoms with Gasteiger partial charge in [-0.05, 0) is 37.5 Å². The SMILES string of the molecule is Cc1ccc(C(=O)NCCCCC#N)cc1F. The summed E-state index contributed by atoms with van der Waals surface area (Å²) in [6.45, 7) is 2.16. The van der Waals surface area contributed by atoms with Gasteiger partial charge in [-0.3, -0.25) is 4.79 Å². The van der Waals surface area contributed by atoms with Crippen LogP contribution in [0.4, 0.5) is 4.39 Å². The fourth-order valence-electron chi connectivity index (χ4n) is 1.37. The highest BCUT2D eigenvalue weighted by molar-refractivity contribution is 5.94. The fourth-order valence-corrected chi connectivity index (χ4v) is 1.37. The van der Waals surface area contributed by atoms with Gasteiger partial charge in [-0.15, -0.1) is 0 Å². The summed E-state index contributed by atoms with van der Waals surface area (Å²) >= 11 is 0. The van der Waals surface area contributed by atoms with Gasteiger partial charge in [0.15, 0.2) is 0 Å². The van der Waals surface area contributed by atoms with Crippen molar-refractivity contribution in [2.45, 2.75) is 26.2 Å². The number of nitriles is 1. The third-order valence-electron chi connectivity index (χ3n) is 2.43. The van der Waals surface area contributed by atoms with Gasteiger partial charge in [-0.1, -0.05) is 6.07 Å². The van der Waals surface area contributed by atoms with Crippen molar-refractivity contribution in [3.8, 4) is 6.07 Å². The van der Waals surface area contributed by atoms with E-state index in [1.807, 2.05) is 6.07 Å². The molecular weight excluding hydrogens is 219 g/mol. The highest BCUT2D eigenvalue weighted by Crippen LogP contribution is 2.09. The zero-order valence-corrected chi connectivity index (χ0v) is 9.79. The minimum Gasteiger partial charge on any atom is -0.352 e. The number of carbonyl (C=O) groups is 1. The number of nitrogens with one attached hydrogen (secondary N) is 1. The van der Waals surface area contributed by atoms with Gasteiger partial charge in [0.2, 0.25) is 0 Å². The molecule has 90 valence electrons. The Bertz CT molecular complexity index is 438. The third kappa shape index (κ3) is 4.23. The van der Waals surface area contributed by atoms with Crippen LogP contribution in [0.3, 0.4) is 0 Å². The van der Waals surface area contributed by atoms with Crippen molar-refractivity contribution >= 4 is 5.91 Å². The molecule has 0 aliphatic heterocycles. The Morgan fingerprint density at radius 1 is 1.47 bits per heavy atom. The van der Waals surface area contributed by atoms with E-state index < -0.39 is 0 Å². The van der Waals surface area contributed by atoms with Crippen LogP contribution in [-0.2, 0) is 0 Å². The highest BCUT2D eigenvalue weighted by atomic mass is 19.1. The molecule has 4 heteroatoms. The molecule has 0 heterocycles. The molecule has 0 saturated carbocycles. The van der Waals surface area contributed by atoms with E-state index in [0.717, 1.165) is 12.8 Å². The summed E-state index contributed by atoms with van der Waals surface area (Å²) in [5, 5.41) is 11.0. The van der Waals surface area contributed by atoms with E-state index in [9.17, 15) is 9.18 Å². The normalized spacial score (nSPS) is 9.71. The number of aryl methyl sites for hydroxylation is 1. The summed E-state index contributed by atoms with van der Waals surface area (Å²) < 4.78 is 13.2. The Labute approximate surface area is 100 Å². The summed E-state index contributed by atoms with van der Waals surface area (Å²) in [5.41, 5.74) is 0.851. The maximum atomic E-state index is 13.2. The third-order valence-corrected chi connectivity index (χ3v) is 2.43. The van der Waals surface area contributed by atoms with Crippen LogP contribution in [0.15, 0.2) is 18.2 Å². The number of hydrogen-bond acceptors (Lipinski definition) is 2. The van der Waals surface area contributed by atoms with Gasteiger partial charge in [-0.25, -0.2) is 4.39 Å². The molecule has 0 bridgehead atoms. The van der Waals surface area contributed by atoms with Gasteiger partial charge in [0.05, 0.1) is 6.07 Å². The van der Waals surface area contributed by atoms with Gasteiger partial charge >= 0.3 is 0 Å². The van der Waals surface area contributed by atoms with Crippen LogP contribution >= 0.6 is 0 Å². The van der Waals surface area contributed by atoms with E-state index in [0.29, 0.717) is 24.1 Å². The summed E-state index contributed by atoms with van der Waals surface area (Å²) in [7, 11) is 0. The first kappa shape index (κ1) is 13.2. The van der Waals surface area contributed by atoms with Crippen LogP contribution in [0.1, 0.15) is 35.2 Å². The quantitative estimate of drug-likeness (QED) is 0.796. The molecule has 1 rings (SSSR count). The zero-order valence-electron chi connectivity index (χ0n) is 9.79. The number of rotatable bonds is 5. The van der Waals surface area contributed by atoms with E-state index in [1.54, 1.807) is 19.1 Å². The summed E-state index contributed by atoms with van der Waals surface area (Å²) in [6, 6.07) is 6.46. The molecule has 17 heavy (non-hydrogen) atoms. The lowest BCUT2D eigenvalue weighted by molar-refractivity contribution is 0.0952. The number of hydrogen-bond donors (Lipinski definition) is 1. The van der Waals surface area contributed by atoms with Crippen molar-refractivity contribution in [1.82, 2.24) is 5.32 Å². The topological polar surface area (TPSA) is 52.9 Å². The number of nitrogens with zero attached hydrogens (tertiary/aromatic N) is 1. The van der Waals surface area contributed by atoms with Crippen molar-refractivity contribution in [1.29, 1.82) is 5.26 Å². The van der Waals surface area contributed by atoms with Crippen molar-refractivity contribution in [2.24, 2.45) is 0 Å². The molecule has 0 radical (unpaired) electrons. The van der Waals surface area contributed by atoms with E-state index in [4.69, 9.17) is 5.26 Å². The van der Waals surface area contributed by atoms with Gasteiger partial charge in [0.25, 0.3) is 5.91 Å². The van der Waals surface area contributed by atoms with Crippen LogP contribution < -0.4 is 5.32 Å². The minimum atomic E-state index is -0.373. The molecule has 1 aromatic rings. The molecular formula is C13H15FN2O. The van der Waals surface area contributed by atoms with E-state index in [1.165, 1.54) is 6.07 Å². The van der Waals surface area contributed by atoms with E-state index in [-0.39, 0.29) is 11.7 Å². The molecule has 0 aliphatic rings. The molecule has 0 aromatic heterocycles. The molecule has 0 unspecified atom stereocenters. The van der Waals surface area contributed by atoms with Crippen molar-refractivity contribution in [3.63, 3.8) is 0 Å². The Kier molecular flexibility index (Phi) is 5.15. The van der Waals surface area contributed by atoms with Crippen LogP contribution in [0.25, 0.3) is 0 Å². The second-order valence-electron chi connectivity index (χ2n) is 3.84. The molecule has 0 spiro atoms. The van der Waals surface area contributed by atoms with Gasteiger partial charge in [0, 0.05) is 18.5 Å². The first-order valence-electron chi connectivity index (χ1n) is 5.56. The van der Waals surface area contributed by atoms with Crippen LogP contribution in [0, 0.1) is 24.1 Å². The molecule has 3 nitrogen and oxygen atoms in total. The Hall–Kier alpha value is -1.89. The van der Waals surface area contributed by atoms with Crippen molar-refractivity contribution in [2.75, 3.05) is 6.54 Å². The number of amides is 1. The molecule has 1 amide bonds. The van der Waals surface area contributed by atoms with Gasteiger partial charge in [0.1, 0.15) is 5.82 Å². The first-order valence-corrected chi connectivity index (χ1v) is 5.56. The van der Waals surface area contributed by atoms with Crippen molar-refractivity contribution < 1.29 is 9.18 Å². The van der Waals surface area contributed by atoms with Crippen molar-refractivity contribution in [3.05, 3.63) is 35.1 Å². The zero-order chi connectivity index (χ0) is 12.7. The van der Waals surface area contributed by atoms with E-state index >= 15 is 0 Å². The highest BCUT2D eigenvalue weighted by Gasteiger charge is 2.06. The maximum Gasteiger partial charge on any atom is 0.251 e. The van der Waals surface area contributed by atoms with Crippen LogP contribution in [0.2, 0.25) is 0 Å². The monoisotopic (exact) mass is 234 g/mol. The van der Waals surface area contributed by atoms with Gasteiger partial charge in [-0.2, -0.15) is 5.26 Å². The Morgan fingerprint density at radius 2 is 2.24 bits per heavy atom. The number of carbonyl (C=O) groups excluding carboxylic acids is 1. The average molecular weight is 234 g/mol. The standard InChI is InChI=1S/C13H15FN2O/c1-10-5-6-11(9-12(10)14)13(17)16-8-4-2-3-7-15/h5-6,9H,2-4,8H2,1H3,(H,16,17). The largest absolute Gasteiger partial charge is 0.352 e. The Morgan fingerprint density at radius 3 is 2.88 bits per heavy atom. The summed E-state index contributed by atoms with van der Waals surface area (Å²) in [4.78, 5) is 11.6. The lowest BCUT2D eigenvalue weighted by Gasteiger charge is -2.05. The summed E-state index contributed by atoms with van der Waals surface area (Å²) in [6.07, 6.45) is 2.02. The molecule has 0 saturated heterocycles. The predicted molar refractivity (Wildman–Crippen MR) is 62.9 cm³/mol.